The van der Waals surface area contributed by atoms with Crippen molar-refractivity contribution in [1.29, 1.82) is 0 Å². The molecule has 3 rings (SSSR count). The number of hydrogen-bond donors (Lipinski definition) is 2. The van der Waals surface area contributed by atoms with E-state index >= 15 is 0 Å². The van der Waals surface area contributed by atoms with Gasteiger partial charge in [-0.1, -0.05) is 6.92 Å². The van der Waals surface area contributed by atoms with E-state index in [2.05, 4.69) is 10.3 Å². The maximum atomic E-state index is 14.5. The summed E-state index contributed by atoms with van der Waals surface area (Å²) in [4.78, 5) is 16.5. The number of pyridine rings is 1. The van der Waals surface area contributed by atoms with Crippen LogP contribution in [0.3, 0.4) is 0 Å². The SMILES string of the molecule is CCCOc1cc(F)c(Nc2nccc(OC3CCN(C(=O)O)CC3)c2OC)cc1F. The number of hydrogen-bond acceptors (Lipinski definition) is 6. The number of ether oxygens (including phenoxy) is 3. The molecule has 2 aromatic rings. The monoisotopic (exact) mass is 437 g/mol. The van der Waals surface area contributed by atoms with Gasteiger partial charge in [0.2, 0.25) is 5.75 Å². The minimum atomic E-state index is -0.952. The van der Waals surface area contributed by atoms with Crippen LogP contribution in [0, 0.1) is 11.6 Å². The van der Waals surface area contributed by atoms with Crippen LogP contribution >= 0.6 is 0 Å². The molecule has 1 fully saturated rings. The Balaban J connectivity index is 1.76. The summed E-state index contributed by atoms with van der Waals surface area (Å²) in [5.74, 6) is -0.803. The molecular formula is C21H25F2N3O5. The first-order chi connectivity index (χ1) is 14.9. The fourth-order valence-corrected chi connectivity index (χ4v) is 3.23. The molecule has 1 saturated heterocycles. The molecule has 2 heterocycles. The molecular weight excluding hydrogens is 412 g/mol. The number of piperidine rings is 1. The summed E-state index contributed by atoms with van der Waals surface area (Å²) in [6.45, 7) is 2.89. The molecule has 10 heteroatoms. The van der Waals surface area contributed by atoms with Crippen LogP contribution in [-0.4, -0.2) is 54.0 Å². The third-order valence-electron chi connectivity index (χ3n) is 4.82. The lowest BCUT2D eigenvalue weighted by Gasteiger charge is -2.30. The van der Waals surface area contributed by atoms with Gasteiger partial charge < -0.3 is 29.5 Å². The second kappa shape index (κ2) is 10.1. The van der Waals surface area contributed by atoms with Gasteiger partial charge >= 0.3 is 6.09 Å². The number of nitrogens with one attached hydrogen (secondary N) is 1. The number of rotatable bonds is 8. The minimum Gasteiger partial charge on any atom is -0.490 e. The second-order valence-electron chi connectivity index (χ2n) is 7.01. The summed E-state index contributed by atoms with van der Waals surface area (Å²) >= 11 is 0. The van der Waals surface area contributed by atoms with Crippen LogP contribution in [0.2, 0.25) is 0 Å². The highest BCUT2D eigenvalue weighted by Crippen LogP contribution is 2.37. The number of methoxy groups -OCH3 is 1. The van der Waals surface area contributed by atoms with Gasteiger partial charge in [-0.15, -0.1) is 0 Å². The average molecular weight is 437 g/mol. The molecule has 0 spiro atoms. The summed E-state index contributed by atoms with van der Waals surface area (Å²) < 4.78 is 45.3. The van der Waals surface area contributed by atoms with Crippen LogP contribution in [0.1, 0.15) is 26.2 Å². The van der Waals surface area contributed by atoms with Gasteiger partial charge in [0.15, 0.2) is 29.0 Å². The van der Waals surface area contributed by atoms with Crippen LogP contribution < -0.4 is 19.5 Å². The molecule has 1 aromatic heterocycles. The van der Waals surface area contributed by atoms with Crippen LogP contribution in [0.25, 0.3) is 0 Å². The third-order valence-corrected chi connectivity index (χ3v) is 4.82. The zero-order chi connectivity index (χ0) is 22.4. The van der Waals surface area contributed by atoms with E-state index in [4.69, 9.17) is 19.3 Å². The van der Waals surface area contributed by atoms with Gasteiger partial charge in [0.05, 0.1) is 19.4 Å². The summed E-state index contributed by atoms with van der Waals surface area (Å²) in [5.41, 5.74) is -0.126. The molecule has 0 aliphatic carbocycles. The van der Waals surface area contributed by atoms with Gasteiger partial charge in [0, 0.05) is 50.3 Å². The van der Waals surface area contributed by atoms with Gasteiger partial charge in [-0.3, -0.25) is 0 Å². The predicted octanol–water partition coefficient (Wildman–Crippen LogP) is 4.42. The zero-order valence-corrected chi connectivity index (χ0v) is 17.4. The van der Waals surface area contributed by atoms with Crippen molar-refractivity contribution in [3.63, 3.8) is 0 Å². The van der Waals surface area contributed by atoms with Crippen molar-refractivity contribution in [3.05, 3.63) is 36.0 Å². The smallest absolute Gasteiger partial charge is 0.407 e. The number of likely N-dealkylation sites (tertiary alicyclic amines) is 1. The molecule has 1 aliphatic heterocycles. The number of anilines is 2. The van der Waals surface area contributed by atoms with Crippen molar-refractivity contribution in [2.45, 2.75) is 32.3 Å². The molecule has 8 nitrogen and oxygen atoms in total. The summed E-state index contributed by atoms with van der Waals surface area (Å²) in [6, 6.07) is 3.58. The summed E-state index contributed by atoms with van der Waals surface area (Å²) in [5, 5.41) is 11.8. The number of halogens is 2. The van der Waals surface area contributed by atoms with Crippen LogP contribution in [0.5, 0.6) is 17.2 Å². The molecule has 1 amide bonds. The molecule has 0 unspecified atom stereocenters. The summed E-state index contributed by atoms with van der Waals surface area (Å²) in [7, 11) is 1.42. The molecule has 0 saturated carbocycles. The maximum absolute atomic E-state index is 14.5. The quantitative estimate of drug-likeness (QED) is 0.631. The van der Waals surface area contributed by atoms with E-state index in [0.29, 0.717) is 38.1 Å². The molecule has 1 aliphatic rings. The minimum absolute atomic E-state index is 0.126. The molecule has 31 heavy (non-hydrogen) atoms. The van der Waals surface area contributed by atoms with Gasteiger partial charge in [-0.2, -0.15) is 0 Å². The number of nitrogens with zero attached hydrogens (tertiary/aromatic N) is 2. The maximum Gasteiger partial charge on any atom is 0.407 e. The lowest BCUT2D eigenvalue weighted by atomic mass is 10.1. The van der Waals surface area contributed by atoms with Crippen LogP contribution in [0.15, 0.2) is 24.4 Å². The average Bonchev–Trinajstić information content (AvgIpc) is 2.75. The van der Waals surface area contributed by atoms with Crippen molar-refractivity contribution >= 4 is 17.6 Å². The Labute approximate surface area is 178 Å². The molecule has 1 aromatic carbocycles. The van der Waals surface area contributed by atoms with E-state index in [1.54, 1.807) is 6.07 Å². The first kappa shape index (κ1) is 22.4. The molecule has 0 bridgehead atoms. The van der Waals surface area contributed by atoms with E-state index in [0.717, 1.165) is 12.1 Å². The van der Waals surface area contributed by atoms with Crippen molar-refractivity contribution in [1.82, 2.24) is 9.88 Å². The van der Waals surface area contributed by atoms with Gasteiger partial charge in [0.25, 0.3) is 0 Å². The number of carboxylic acid groups (broad SMARTS) is 1. The van der Waals surface area contributed by atoms with Crippen molar-refractivity contribution < 1.29 is 32.9 Å². The highest BCUT2D eigenvalue weighted by Gasteiger charge is 2.25. The highest BCUT2D eigenvalue weighted by atomic mass is 19.1. The molecule has 0 radical (unpaired) electrons. The van der Waals surface area contributed by atoms with E-state index in [1.807, 2.05) is 6.92 Å². The lowest BCUT2D eigenvalue weighted by Crippen LogP contribution is -2.41. The van der Waals surface area contributed by atoms with E-state index in [1.165, 1.54) is 18.2 Å². The number of carbonyl (C=O) groups is 1. The Bertz CT molecular complexity index is 920. The number of benzene rings is 1. The molecule has 168 valence electrons. The van der Waals surface area contributed by atoms with E-state index in [-0.39, 0.29) is 35.7 Å². The molecule has 0 atom stereocenters. The number of amides is 1. The topological polar surface area (TPSA) is 93.2 Å². The summed E-state index contributed by atoms with van der Waals surface area (Å²) in [6.07, 6.45) is 2.03. The fraction of sp³-hybridized carbons (Fsp3) is 0.429. The second-order valence-corrected chi connectivity index (χ2v) is 7.01. The fourth-order valence-electron chi connectivity index (χ4n) is 3.23. The third kappa shape index (κ3) is 5.44. The predicted molar refractivity (Wildman–Crippen MR) is 109 cm³/mol. The van der Waals surface area contributed by atoms with Crippen LogP contribution in [-0.2, 0) is 0 Å². The first-order valence-corrected chi connectivity index (χ1v) is 9.99. The lowest BCUT2D eigenvalue weighted by molar-refractivity contribution is 0.0878. The first-order valence-electron chi connectivity index (χ1n) is 9.99. The Morgan fingerprint density at radius 1 is 1.26 bits per heavy atom. The Morgan fingerprint density at radius 3 is 2.65 bits per heavy atom. The van der Waals surface area contributed by atoms with Gasteiger partial charge in [0.1, 0.15) is 6.10 Å². The standard InChI is InChI=1S/C21H25F2N3O5/c1-3-10-30-18-12-14(22)16(11-15(18)23)25-20-19(29-2)17(4-7-24-20)31-13-5-8-26(9-6-13)21(27)28/h4,7,11-13H,3,5-6,8-10H2,1-2H3,(H,24,25)(H,27,28). The van der Waals surface area contributed by atoms with E-state index in [9.17, 15) is 13.6 Å². The molecule has 2 N–H and O–H groups in total. The Kier molecular flexibility index (Phi) is 7.32. The highest BCUT2D eigenvalue weighted by molar-refractivity contribution is 5.67. The van der Waals surface area contributed by atoms with Crippen molar-refractivity contribution in [3.8, 4) is 17.2 Å². The zero-order valence-electron chi connectivity index (χ0n) is 17.4. The van der Waals surface area contributed by atoms with Gasteiger partial charge in [-0.05, 0) is 6.42 Å². The number of aromatic nitrogens is 1. The van der Waals surface area contributed by atoms with Crippen LogP contribution in [0.4, 0.5) is 25.1 Å². The Morgan fingerprint density at radius 2 is 2.00 bits per heavy atom. The van der Waals surface area contributed by atoms with Gasteiger partial charge in [-0.25, -0.2) is 18.6 Å². The van der Waals surface area contributed by atoms with Crippen molar-refractivity contribution in [2.24, 2.45) is 0 Å². The normalized spacial score (nSPS) is 14.3. The largest absolute Gasteiger partial charge is 0.490 e. The Hall–Kier alpha value is -3.30. The van der Waals surface area contributed by atoms with Crippen molar-refractivity contribution in [2.75, 3.05) is 32.1 Å². The van der Waals surface area contributed by atoms with E-state index < -0.39 is 17.7 Å².